The molecule has 1 aromatic rings. The first kappa shape index (κ1) is 12.3. The molecule has 2 rings (SSSR count). The molecular weight excluding hydrogens is 244 g/mol. The van der Waals surface area contributed by atoms with Gasteiger partial charge in [0.2, 0.25) is 15.6 Å². The smallest absolute Gasteiger partial charge is 0.247 e. The van der Waals surface area contributed by atoms with Crippen molar-refractivity contribution in [3.63, 3.8) is 0 Å². The highest BCUT2D eigenvalue weighted by atomic mass is 32.2. The van der Waals surface area contributed by atoms with E-state index < -0.39 is 10.0 Å². The van der Waals surface area contributed by atoms with Crippen molar-refractivity contribution in [2.24, 2.45) is 5.92 Å². The van der Waals surface area contributed by atoms with E-state index in [2.05, 4.69) is 9.71 Å². The quantitative estimate of drug-likeness (QED) is 0.775. The van der Waals surface area contributed by atoms with Crippen molar-refractivity contribution in [3.05, 3.63) is 28.7 Å². The highest BCUT2D eigenvalue weighted by Gasteiger charge is 2.20. The Bertz CT molecular complexity index is 511. The molecule has 0 radical (unpaired) electrons. The lowest BCUT2D eigenvalue weighted by Crippen LogP contribution is -2.30. The first-order valence-electron chi connectivity index (χ1n) is 5.34. The Hall–Kier alpha value is -1.18. The molecule has 17 heavy (non-hydrogen) atoms. The first-order chi connectivity index (χ1) is 8.08. The molecule has 1 saturated heterocycles. The van der Waals surface area contributed by atoms with Crippen LogP contribution in [0.5, 0.6) is 0 Å². The summed E-state index contributed by atoms with van der Waals surface area (Å²) in [6.45, 7) is 1.64. The molecule has 6 nitrogen and oxygen atoms in total. The number of hydrogen-bond acceptors (Lipinski definition) is 4. The molecule has 0 bridgehead atoms. The number of nitrogens with one attached hydrogen (secondary N) is 2. The van der Waals surface area contributed by atoms with Crippen LogP contribution in [0, 0.1) is 5.92 Å². The summed E-state index contributed by atoms with van der Waals surface area (Å²) in [5, 5.41) is 0. The fourth-order valence-electron chi connectivity index (χ4n) is 1.62. The topological polar surface area (TPSA) is 88.3 Å². The molecule has 2 N–H and O–H groups in total. The van der Waals surface area contributed by atoms with Gasteiger partial charge in [-0.3, -0.25) is 4.79 Å². The number of rotatable bonds is 4. The average molecular weight is 258 g/mol. The second-order valence-electron chi connectivity index (χ2n) is 3.97. The van der Waals surface area contributed by atoms with E-state index in [-0.39, 0.29) is 16.4 Å². The van der Waals surface area contributed by atoms with Crippen LogP contribution in [0.4, 0.5) is 0 Å². The monoisotopic (exact) mass is 258 g/mol. The van der Waals surface area contributed by atoms with E-state index in [0.29, 0.717) is 19.8 Å². The van der Waals surface area contributed by atoms with Gasteiger partial charge in [-0.25, -0.2) is 13.1 Å². The molecule has 1 fully saturated rings. The minimum atomic E-state index is -3.54. The maximum Gasteiger partial charge on any atom is 0.247 e. The van der Waals surface area contributed by atoms with Gasteiger partial charge in [0.25, 0.3) is 0 Å². The molecule has 1 aromatic heterocycles. The number of hydrogen-bond donors (Lipinski definition) is 2. The second-order valence-corrected chi connectivity index (χ2v) is 5.74. The predicted octanol–water partition coefficient (Wildman–Crippen LogP) is -0.310. The molecular formula is C10H14N2O4S. The summed E-state index contributed by atoms with van der Waals surface area (Å²) < 4.78 is 31.3. The maximum atomic E-state index is 11.8. The maximum absolute atomic E-state index is 11.8. The molecule has 1 aliphatic rings. The lowest BCUT2D eigenvalue weighted by atomic mass is 10.1. The van der Waals surface area contributed by atoms with Crippen LogP contribution >= 0.6 is 0 Å². The Balaban J connectivity index is 2.02. The van der Waals surface area contributed by atoms with Gasteiger partial charge in [0.15, 0.2) is 0 Å². The van der Waals surface area contributed by atoms with E-state index in [4.69, 9.17) is 4.74 Å². The number of aromatic nitrogens is 1. The van der Waals surface area contributed by atoms with Crippen LogP contribution in [0.15, 0.2) is 28.0 Å². The predicted molar refractivity (Wildman–Crippen MR) is 61.2 cm³/mol. The fraction of sp³-hybridized carbons (Fsp3) is 0.500. The Morgan fingerprint density at radius 1 is 1.47 bits per heavy atom. The van der Waals surface area contributed by atoms with Crippen molar-refractivity contribution in [1.82, 2.24) is 9.71 Å². The molecule has 1 aliphatic heterocycles. The number of pyridine rings is 1. The van der Waals surface area contributed by atoms with E-state index in [1.165, 1.54) is 18.3 Å². The van der Waals surface area contributed by atoms with Crippen LogP contribution in [0.25, 0.3) is 0 Å². The normalized spacial score (nSPS) is 20.6. The van der Waals surface area contributed by atoms with Gasteiger partial charge < -0.3 is 9.72 Å². The van der Waals surface area contributed by atoms with Gasteiger partial charge in [-0.05, 0) is 18.4 Å². The van der Waals surface area contributed by atoms with Gasteiger partial charge in [-0.15, -0.1) is 0 Å². The standard InChI is InChI=1S/C10H14N2O4S/c13-10-2-1-9(6-11-10)17(14,15)12-5-8-3-4-16-7-8/h1-2,6,8,12H,3-5,7H2,(H,11,13). The third kappa shape index (κ3) is 3.15. The Labute approximate surface area is 99.1 Å². The first-order valence-corrected chi connectivity index (χ1v) is 6.82. The van der Waals surface area contributed by atoms with Crippen molar-refractivity contribution in [1.29, 1.82) is 0 Å². The highest BCUT2D eigenvalue weighted by Crippen LogP contribution is 2.12. The molecule has 94 valence electrons. The Morgan fingerprint density at radius 2 is 2.29 bits per heavy atom. The molecule has 0 amide bonds. The van der Waals surface area contributed by atoms with E-state index in [1.54, 1.807) is 0 Å². The van der Waals surface area contributed by atoms with Crippen molar-refractivity contribution in [3.8, 4) is 0 Å². The zero-order chi connectivity index (χ0) is 12.3. The van der Waals surface area contributed by atoms with E-state index >= 15 is 0 Å². The number of H-pyrrole nitrogens is 1. The lowest BCUT2D eigenvalue weighted by Gasteiger charge is -2.09. The molecule has 2 heterocycles. The van der Waals surface area contributed by atoms with Crippen LogP contribution < -0.4 is 10.3 Å². The summed E-state index contributed by atoms with van der Waals surface area (Å²) in [6, 6.07) is 2.47. The van der Waals surface area contributed by atoms with Crippen LogP contribution in [0.2, 0.25) is 0 Å². The number of aromatic amines is 1. The highest BCUT2D eigenvalue weighted by molar-refractivity contribution is 7.89. The molecule has 7 heteroatoms. The summed E-state index contributed by atoms with van der Waals surface area (Å²) >= 11 is 0. The van der Waals surface area contributed by atoms with Crippen molar-refractivity contribution < 1.29 is 13.2 Å². The van der Waals surface area contributed by atoms with Gasteiger partial charge >= 0.3 is 0 Å². The van der Waals surface area contributed by atoms with Crippen LogP contribution in [0.1, 0.15) is 6.42 Å². The van der Waals surface area contributed by atoms with E-state index in [1.807, 2.05) is 0 Å². The summed E-state index contributed by atoms with van der Waals surface area (Å²) in [5.41, 5.74) is -0.326. The minimum Gasteiger partial charge on any atom is -0.381 e. The van der Waals surface area contributed by atoms with Crippen LogP contribution in [0.3, 0.4) is 0 Å². The number of ether oxygens (including phenoxy) is 1. The van der Waals surface area contributed by atoms with Gasteiger partial charge in [0.05, 0.1) is 11.5 Å². The van der Waals surface area contributed by atoms with Gasteiger partial charge in [-0.2, -0.15) is 0 Å². The minimum absolute atomic E-state index is 0.0658. The molecule has 0 aliphatic carbocycles. The molecule has 0 saturated carbocycles. The molecule has 0 spiro atoms. The summed E-state index contributed by atoms with van der Waals surface area (Å²) in [6.07, 6.45) is 2.06. The Kier molecular flexibility index (Phi) is 3.60. The van der Waals surface area contributed by atoms with Gasteiger partial charge in [0, 0.05) is 25.4 Å². The largest absolute Gasteiger partial charge is 0.381 e. The zero-order valence-corrected chi connectivity index (χ0v) is 10.00. The third-order valence-corrected chi connectivity index (χ3v) is 4.07. The second kappa shape index (κ2) is 4.99. The summed E-state index contributed by atoms with van der Waals surface area (Å²) in [7, 11) is -3.54. The van der Waals surface area contributed by atoms with Crippen molar-refractivity contribution >= 4 is 10.0 Å². The average Bonchev–Trinajstić information content (AvgIpc) is 2.80. The van der Waals surface area contributed by atoms with Crippen LogP contribution in [-0.4, -0.2) is 33.2 Å². The molecule has 0 aromatic carbocycles. The SMILES string of the molecule is O=c1ccc(S(=O)(=O)NCC2CCOC2)c[nH]1. The number of sulfonamides is 1. The lowest BCUT2D eigenvalue weighted by molar-refractivity contribution is 0.186. The Morgan fingerprint density at radius 3 is 2.88 bits per heavy atom. The van der Waals surface area contributed by atoms with Crippen molar-refractivity contribution in [2.45, 2.75) is 11.3 Å². The molecule has 1 atom stereocenters. The molecule has 1 unspecified atom stereocenters. The third-order valence-electron chi connectivity index (χ3n) is 2.65. The van der Waals surface area contributed by atoms with Gasteiger partial charge in [0.1, 0.15) is 0 Å². The summed E-state index contributed by atoms with van der Waals surface area (Å²) in [5.74, 6) is 0.229. The van der Waals surface area contributed by atoms with Crippen molar-refractivity contribution in [2.75, 3.05) is 19.8 Å². The van der Waals surface area contributed by atoms with Gasteiger partial charge in [-0.1, -0.05) is 0 Å². The van der Waals surface area contributed by atoms with E-state index in [0.717, 1.165) is 6.42 Å². The van der Waals surface area contributed by atoms with E-state index in [9.17, 15) is 13.2 Å². The summed E-state index contributed by atoms with van der Waals surface area (Å²) in [4.78, 5) is 13.2. The fourth-order valence-corrected chi connectivity index (χ4v) is 2.70. The zero-order valence-electron chi connectivity index (χ0n) is 9.18. The van der Waals surface area contributed by atoms with Crippen LogP contribution in [-0.2, 0) is 14.8 Å².